The van der Waals surface area contributed by atoms with E-state index in [0.717, 1.165) is 37.3 Å². The molecule has 7 nitrogen and oxygen atoms in total. The van der Waals surface area contributed by atoms with Crippen molar-refractivity contribution < 1.29 is 14.3 Å². The van der Waals surface area contributed by atoms with Gasteiger partial charge in [0.05, 0.1) is 24.9 Å². The lowest BCUT2D eigenvalue weighted by Crippen LogP contribution is -2.42. The average molecular weight is 449 g/mol. The summed E-state index contributed by atoms with van der Waals surface area (Å²) in [7, 11) is 0. The van der Waals surface area contributed by atoms with Gasteiger partial charge in [0.15, 0.2) is 6.61 Å². The van der Waals surface area contributed by atoms with Crippen molar-refractivity contribution in [3.05, 3.63) is 59.8 Å². The first-order valence-corrected chi connectivity index (χ1v) is 11.9. The van der Waals surface area contributed by atoms with Crippen molar-refractivity contribution in [2.75, 3.05) is 46.0 Å². The van der Waals surface area contributed by atoms with Crippen LogP contribution in [0.25, 0.3) is 10.9 Å². The smallest absolute Gasteiger partial charge is 0.260 e. The number of hydrogen-bond donors (Lipinski definition) is 1. The van der Waals surface area contributed by atoms with Gasteiger partial charge in [-0.1, -0.05) is 18.2 Å². The number of amides is 1. The van der Waals surface area contributed by atoms with Gasteiger partial charge in [-0.05, 0) is 67.1 Å². The fraction of sp³-hybridized carbons (Fsp3) is 0.462. The molecular formula is C26H32N4O3. The number of aromatic nitrogens is 2. The van der Waals surface area contributed by atoms with Gasteiger partial charge in [-0.2, -0.15) is 5.10 Å². The molecule has 1 N–H and O–H groups in total. The second-order valence-electron chi connectivity index (χ2n) is 9.17. The molecule has 0 aliphatic carbocycles. The van der Waals surface area contributed by atoms with Crippen LogP contribution in [-0.4, -0.2) is 71.9 Å². The minimum atomic E-state index is 0.0242. The van der Waals surface area contributed by atoms with Crippen LogP contribution in [0.2, 0.25) is 0 Å². The summed E-state index contributed by atoms with van der Waals surface area (Å²) in [5.74, 6) is 1.45. The van der Waals surface area contributed by atoms with Gasteiger partial charge in [-0.15, -0.1) is 0 Å². The minimum Gasteiger partial charge on any atom is -0.484 e. The van der Waals surface area contributed by atoms with Crippen LogP contribution in [0, 0.1) is 5.92 Å². The number of benzene rings is 2. The van der Waals surface area contributed by atoms with E-state index in [1.165, 1.54) is 29.4 Å². The molecule has 2 aliphatic heterocycles. The molecule has 2 aromatic carbocycles. The van der Waals surface area contributed by atoms with Crippen molar-refractivity contribution in [3.8, 4) is 5.75 Å². The quantitative estimate of drug-likeness (QED) is 0.601. The van der Waals surface area contributed by atoms with Crippen molar-refractivity contribution in [1.82, 2.24) is 20.0 Å². The Kier molecular flexibility index (Phi) is 6.88. The molecule has 0 spiro atoms. The van der Waals surface area contributed by atoms with E-state index in [9.17, 15) is 4.79 Å². The highest BCUT2D eigenvalue weighted by atomic mass is 16.5. The number of nitrogens with zero attached hydrogens (tertiary/aromatic N) is 3. The van der Waals surface area contributed by atoms with E-state index >= 15 is 0 Å². The van der Waals surface area contributed by atoms with E-state index in [2.05, 4.69) is 45.4 Å². The molecule has 2 fully saturated rings. The molecule has 5 rings (SSSR count). The van der Waals surface area contributed by atoms with E-state index in [0.29, 0.717) is 32.2 Å². The van der Waals surface area contributed by atoms with Crippen LogP contribution < -0.4 is 4.74 Å². The first kappa shape index (κ1) is 21.9. The number of ether oxygens (including phenoxy) is 2. The molecule has 7 heteroatoms. The summed E-state index contributed by atoms with van der Waals surface area (Å²) in [6.45, 7) is 5.72. The number of piperidine rings is 1. The third-order valence-corrected chi connectivity index (χ3v) is 6.66. The lowest BCUT2D eigenvalue weighted by molar-refractivity contribution is -0.137. The highest BCUT2D eigenvalue weighted by molar-refractivity contribution is 5.78. The van der Waals surface area contributed by atoms with Crippen LogP contribution in [-0.2, 0) is 22.5 Å². The molecule has 0 saturated carbocycles. The molecule has 3 aromatic rings. The topological polar surface area (TPSA) is 70.7 Å². The molecule has 0 unspecified atom stereocenters. The SMILES string of the molecule is O=C(COc1cccc(CN2CCC[C@@H](Cc3ccc4[nH]ncc4c3)C2)c1)N1CCOCC1. The molecule has 1 atom stereocenters. The average Bonchev–Trinajstić information content (AvgIpc) is 3.32. The number of carbonyl (C=O) groups excluding carboxylic acids is 1. The molecule has 1 aromatic heterocycles. The predicted molar refractivity (Wildman–Crippen MR) is 127 cm³/mol. The standard InChI is InChI=1S/C26H32N4O3/c31-26(30-9-11-32-12-10-30)19-33-24-5-1-3-22(15-24)18-29-8-2-4-21(17-29)13-20-6-7-25-23(14-20)16-27-28-25/h1,3,5-7,14-16,21H,2,4,8-13,17-19H2,(H,27,28)/t21-/m0/s1. The predicted octanol–water partition coefficient (Wildman–Crippen LogP) is 3.26. The highest BCUT2D eigenvalue weighted by Gasteiger charge is 2.21. The number of aromatic amines is 1. The van der Waals surface area contributed by atoms with Gasteiger partial charge in [0.25, 0.3) is 5.91 Å². The first-order chi connectivity index (χ1) is 16.2. The van der Waals surface area contributed by atoms with Gasteiger partial charge in [0, 0.05) is 31.6 Å². The number of nitrogens with one attached hydrogen (secondary N) is 1. The fourth-order valence-electron chi connectivity index (χ4n) is 4.95. The number of fused-ring (bicyclic) bond motifs is 1. The van der Waals surface area contributed by atoms with Crippen molar-refractivity contribution >= 4 is 16.8 Å². The maximum atomic E-state index is 12.3. The fourth-order valence-corrected chi connectivity index (χ4v) is 4.95. The third kappa shape index (κ3) is 5.72. The molecule has 0 bridgehead atoms. The molecule has 0 radical (unpaired) electrons. The Hall–Kier alpha value is -2.90. The van der Waals surface area contributed by atoms with Gasteiger partial charge in [-0.25, -0.2) is 0 Å². The Morgan fingerprint density at radius 2 is 2.03 bits per heavy atom. The summed E-state index contributed by atoms with van der Waals surface area (Å²) in [6, 6.07) is 14.8. The zero-order valence-electron chi connectivity index (χ0n) is 19.0. The molecule has 174 valence electrons. The number of morpholine rings is 1. The maximum Gasteiger partial charge on any atom is 0.260 e. The minimum absolute atomic E-state index is 0.0242. The van der Waals surface area contributed by atoms with E-state index in [1.807, 2.05) is 23.2 Å². The van der Waals surface area contributed by atoms with E-state index in [1.54, 1.807) is 0 Å². The molecule has 2 aliphatic rings. The van der Waals surface area contributed by atoms with E-state index < -0.39 is 0 Å². The molecule has 1 amide bonds. The van der Waals surface area contributed by atoms with Crippen LogP contribution in [0.3, 0.4) is 0 Å². The van der Waals surface area contributed by atoms with Gasteiger partial charge in [0.2, 0.25) is 0 Å². The highest BCUT2D eigenvalue weighted by Crippen LogP contribution is 2.24. The monoisotopic (exact) mass is 448 g/mol. The van der Waals surface area contributed by atoms with Crippen LogP contribution in [0.15, 0.2) is 48.7 Å². The molecule has 2 saturated heterocycles. The van der Waals surface area contributed by atoms with Gasteiger partial charge >= 0.3 is 0 Å². The Morgan fingerprint density at radius 3 is 2.94 bits per heavy atom. The summed E-state index contributed by atoms with van der Waals surface area (Å²) in [5, 5.41) is 8.34. The lowest BCUT2D eigenvalue weighted by Gasteiger charge is -2.33. The first-order valence-electron chi connectivity index (χ1n) is 11.9. The zero-order valence-corrected chi connectivity index (χ0v) is 19.0. The van der Waals surface area contributed by atoms with E-state index in [4.69, 9.17) is 9.47 Å². The molecule has 3 heterocycles. The van der Waals surface area contributed by atoms with Gasteiger partial charge in [-0.3, -0.25) is 14.8 Å². The van der Waals surface area contributed by atoms with Crippen LogP contribution in [0.5, 0.6) is 5.75 Å². The lowest BCUT2D eigenvalue weighted by atomic mass is 9.90. The Morgan fingerprint density at radius 1 is 1.12 bits per heavy atom. The van der Waals surface area contributed by atoms with Crippen molar-refractivity contribution in [3.63, 3.8) is 0 Å². The van der Waals surface area contributed by atoms with Gasteiger partial charge in [0.1, 0.15) is 5.75 Å². The summed E-state index contributed by atoms with van der Waals surface area (Å²) in [6.07, 6.45) is 5.50. The second-order valence-corrected chi connectivity index (χ2v) is 9.17. The van der Waals surface area contributed by atoms with Crippen molar-refractivity contribution in [2.24, 2.45) is 5.92 Å². The number of carbonyl (C=O) groups is 1. The summed E-state index contributed by atoms with van der Waals surface area (Å²) < 4.78 is 11.1. The zero-order chi connectivity index (χ0) is 22.5. The Labute approximate surface area is 194 Å². The number of hydrogen-bond acceptors (Lipinski definition) is 5. The van der Waals surface area contributed by atoms with Crippen LogP contribution in [0.4, 0.5) is 0 Å². The van der Waals surface area contributed by atoms with Crippen molar-refractivity contribution in [1.29, 1.82) is 0 Å². The number of likely N-dealkylation sites (tertiary alicyclic amines) is 1. The maximum absolute atomic E-state index is 12.3. The van der Waals surface area contributed by atoms with E-state index in [-0.39, 0.29) is 12.5 Å². The number of rotatable bonds is 7. The molecule has 33 heavy (non-hydrogen) atoms. The largest absolute Gasteiger partial charge is 0.484 e. The summed E-state index contributed by atoms with van der Waals surface area (Å²) in [5.41, 5.74) is 3.71. The Balaban J connectivity index is 1.14. The number of H-pyrrole nitrogens is 1. The van der Waals surface area contributed by atoms with Gasteiger partial charge < -0.3 is 14.4 Å². The van der Waals surface area contributed by atoms with Crippen LogP contribution in [0.1, 0.15) is 24.0 Å². The normalized spacial score (nSPS) is 19.6. The summed E-state index contributed by atoms with van der Waals surface area (Å²) in [4.78, 5) is 16.7. The Bertz CT molecular complexity index is 1080. The summed E-state index contributed by atoms with van der Waals surface area (Å²) >= 11 is 0. The van der Waals surface area contributed by atoms with Crippen molar-refractivity contribution in [2.45, 2.75) is 25.8 Å². The second kappa shape index (κ2) is 10.4. The molecular weight excluding hydrogens is 416 g/mol. The van der Waals surface area contributed by atoms with Crippen LogP contribution >= 0.6 is 0 Å². The third-order valence-electron chi connectivity index (χ3n) is 6.66.